The average molecular weight is 336 g/mol. The van der Waals surface area contributed by atoms with Gasteiger partial charge in [0.2, 0.25) is 11.8 Å². The van der Waals surface area contributed by atoms with E-state index in [9.17, 15) is 14.4 Å². The number of carbonyl (C=O) groups excluding carboxylic acids is 3. The van der Waals surface area contributed by atoms with Crippen molar-refractivity contribution < 1.29 is 19.1 Å². The van der Waals surface area contributed by atoms with E-state index < -0.39 is 17.3 Å². The zero-order valence-electron chi connectivity index (χ0n) is 13.1. The molecular weight excluding hydrogens is 316 g/mol. The molecule has 2 atom stereocenters. The van der Waals surface area contributed by atoms with Crippen LogP contribution in [0.2, 0.25) is 0 Å². The number of hydrogen-bond donors (Lipinski definition) is 2. The molecule has 1 fully saturated rings. The van der Waals surface area contributed by atoms with Gasteiger partial charge in [0.15, 0.2) is 0 Å². The number of rotatable bonds is 5. The molecule has 2 amide bonds. The minimum atomic E-state index is -0.636. The van der Waals surface area contributed by atoms with Crippen LogP contribution in [0.25, 0.3) is 0 Å². The lowest BCUT2D eigenvalue weighted by Gasteiger charge is -2.27. The first-order valence-electron chi connectivity index (χ1n) is 7.44. The van der Waals surface area contributed by atoms with Crippen LogP contribution >= 0.6 is 11.8 Å². The molecule has 124 valence electrons. The number of aryl methyl sites for hydroxylation is 1. The van der Waals surface area contributed by atoms with Crippen molar-refractivity contribution in [2.75, 3.05) is 17.7 Å². The summed E-state index contributed by atoms with van der Waals surface area (Å²) >= 11 is 1.30. The maximum Gasteiger partial charge on any atom is 0.329 e. The Morgan fingerprint density at radius 3 is 2.87 bits per heavy atom. The number of thioether (sulfide) groups is 1. The lowest BCUT2D eigenvalue weighted by molar-refractivity contribution is -0.146. The number of benzene rings is 1. The molecule has 23 heavy (non-hydrogen) atoms. The third kappa shape index (κ3) is 4.99. The fourth-order valence-corrected chi connectivity index (χ4v) is 3.35. The van der Waals surface area contributed by atoms with Crippen molar-refractivity contribution in [3.05, 3.63) is 29.8 Å². The number of anilines is 1. The van der Waals surface area contributed by atoms with E-state index in [1.165, 1.54) is 11.8 Å². The van der Waals surface area contributed by atoms with Gasteiger partial charge in [0.25, 0.3) is 0 Å². The van der Waals surface area contributed by atoms with Crippen molar-refractivity contribution in [3.63, 3.8) is 0 Å². The van der Waals surface area contributed by atoms with Gasteiger partial charge in [0, 0.05) is 17.9 Å². The van der Waals surface area contributed by atoms with E-state index in [1.54, 1.807) is 13.0 Å². The van der Waals surface area contributed by atoms with Crippen molar-refractivity contribution in [2.24, 2.45) is 0 Å². The second-order valence-electron chi connectivity index (χ2n) is 5.26. The first-order chi connectivity index (χ1) is 11.0. The lowest BCUT2D eigenvalue weighted by Crippen LogP contribution is -2.51. The van der Waals surface area contributed by atoms with Crippen LogP contribution in [-0.4, -0.2) is 41.4 Å². The number of carbonyl (C=O) groups is 3. The minimum Gasteiger partial charge on any atom is -0.464 e. The number of hydrogen-bond acceptors (Lipinski definition) is 5. The molecule has 0 aromatic heterocycles. The summed E-state index contributed by atoms with van der Waals surface area (Å²) in [6.45, 7) is 3.93. The summed E-state index contributed by atoms with van der Waals surface area (Å²) in [7, 11) is 0. The number of nitrogens with one attached hydrogen (secondary N) is 2. The Kier molecular flexibility index (Phi) is 6.04. The summed E-state index contributed by atoms with van der Waals surface area (Å²) in [5.74, 6) is -0.556. The van der Waals surface area contributed by atoms with Crippen molar-refractivity contribution in [2.45, 2.75) is 31.6 Å². The highest BCUT2D eigenvalue weighted by atomic mass is 32.2. The monoisotopic (exact) mass is 336 g/mol. The van der Waals surface area contributed by atoms with E-state index in [-0.39, 0.29) is 24.8 Å². The van der Waals surface area contributed by atoms with E-state index in [2.05, 4.69) is 10.6 Å². The summed E-state index contributed by atoms with van der Waals surface area (Å²) in [6.07, 6.45) is 0.0694. The van der Waals surface area contributed by atoms with Gasteiger partial charge in [-0.05, 0) is 31.5 Å². The van der Waals surface area contributed by atoms with Crippen molar-refractivity contribution in [1.82, 2.24) is 5.32 Å². The van der Waals surface area contributed by atoms with Gasteiger partial charge in [0.1, 0.15) is 6.04 Å². The van der Waals surface area contributed by atoms with Crippen molar-refractivity contribution >= 4 is 35.2 Å². The molecule has 1 aromatic carbocycles. The molecule has 0 spiro atoms. The molecule has 6 nitrogen and oxygen atoms in total. The molecule has 2 unspecified atom stereocenters. The summed E-state index contributed by atoms with van der Waals surface area (Å²) in [4.78, 5) is 35.7. The Morgan fingerprint density at radius 1 is 1.43 bits per heavy atom. The maximum absolute atomic E-state index is 12.1. The Hall–Kier alpha value is -2.02. The van der Waals surface area contributed by atoms with Crippen LogP contribution in [0.4, 0.5) is 5.69 Å². The van der Waals surface area contributed by atoms with Gasteiger partial charge in [-0.25, -0.2) is 4.79 Å². The Balaban J connectivity index is 1.85. The topological polar surface area (TPSA) is 84.5 Å². The molecule has 2 N–H and O–H groups in total. The molecular formula is C16H20N2O4S. The quantitative estimate of drug-likeness (QED) is 0.796. The van der Waals surface area contributed by atoms with Crippen molar-refractivity contribution in [1.29, 1.82) is 0 Å². The highest BCUT2D eigenvalue weighted by Crippen LogP contribution is 2.22. The van der Waals surface area contributed by atoms with Gasteiger partial charge in [-0.2, -0.15) is 0 Å². The first kappa shape index (κ1) is 17.3. The summed E-state index contributed by atoms with van der Waals surface area (Å²) in [6, 6.07) is 6.83. The second-order valence-corrected chi connectivity index (χ2v) is 6.49. The van der Waals surface area contributed by atoms with Gasteiger partial charge in [-0.15, -0.1) is 11.8 Å². The zero-order valence-corrected chi connectivity index (χ0v) is 13.9. The molecule has 2 rings (SSSR count). The molecule has 1 aliphatic heterocycles. The van der Waals surface area contributed by atoms with Crippen LogP contribution in [0.5, 0.6) is 0 Å². The van der Waals surface area contributed by atoms with Crippen LogP contribution in [0.1, 0.15) is 18.9 Å². The second kappa shape index (κ2) is 8.01. The lowest BCUT2D eigenvalue weighted by atomic mass is 10.2. The predicted octanol–water partition coefficient (Wildman–Crippen LogP) is 1.49. The average Bonchev–Trinajstić information content (AvgIpc) is 2.49. The highest BCUT2D eigenvalue weighted by molar-refractivity contribution is 8.00. The normalized spacial score (nSPS) is 20.5. The molecule has 1 heterocycles. The molecule has 0 radical (unpaired) electrons. The fraction of sp³-hybridized carbons (Fsp3) is 0.438. The van der Waals surface area contributed by atoms with Gasteiger partial charge in [-0.1, -0.05) is 12.1 Å². The van der Waals surface area contributed by atoms with Gasteiger partial charge in [0.05, 0.1) is 11.9 Å². The molecule has 0 bridgehead atoms. The van der Waals surface area contributed by atoms with Crippen LogP contribution in [0, 0.1) is 6.92 Å². The first-order valence-corrected chi connectivity index (χ1v) is 8.49. The molecule has 7 heteroatoms. The van der Waals surface area contributed by atoms with Crippen LogP contribution in [0.15, 0.2) is 24.3 Å². The number of esters is 1. The Morgan fingerprint density at radius 2 is 2.22 bits per heavy atom. The maximum atomic E-state index is 12.1. The minimum absolute atomic E-state index is 0.0694. The number of amides is 2. The van der Waals surface area contributed by atoms with Crippen LogP contribution in [-0.2, 0) is 19.1 Å². The van der Waals surface area contributed by atoms with Crippen molar-refractivity contribution in [3.8, 4) is 0 Å². The third-order valence-electron chi connectivity index (χ3n) is 3.32. The molecule has 1 aromatic rings. The Labute approximate surface area is 139 Å². The van der Waals surface area contributed by atoms with E-state index >= 15 is 0 Å². The summed E-state index contributed by atoms with van der Waals surface area (Å²) in [5, 5.41) is 4.90. The highest BCUT2D eigenvalue weighted by Gasteiger charge is 2.34. The van der Waals surface area contributed by atoms with Crippen LogP contribution < -0.4 is 10.6 Å². The predicted molar refractivity (Wildman–Crippen MR) is 89.2 cm³/mol. The van der Waals surface area contributed by atoms with Gasteiger partial charge in [-0.3, -0.25) is 9.59 Å². The van der Waals surface area contributed by atoms with Gasteiger partial charge >= 0.3 is 5.97 Å². The summed E-state index contributed by atoms with van der Waals surface area (Å²) < 4.78 is 4.89. The van der Waals surface area contributed by atoms with E-state index in [0.29, 0.717) is 11.4 Å². The Bertz CT molecular complexity index is 605. The summed E-state index contributed by atoms with van der Waals surface area (Å²) in [5.41, 5.74) is 1.76. The van der Waals surface area contributed by atoms with E-state index in [4.69, 9.17) is 4.74 Å². The van der Waals surface area contributed by atoms with E-state index in [0.717, 1.165) is 5.56 Å². The molecule has 0 saturated carbocycles. The third-order valence-corrected chi connectivity index (χ3v) is 4.63. The van der Waals surface area contributed by atoms with Gasteiger partial charge < -0.3 is 15.4 Å². The van der Waals surface area contributed by atoms with E-state index in [1.807, 2.05) is 25.1 Å². The molecule has 1 aliphatic rings. The molecule has 1 saturated heterocycles. The molecule has 0 aliphatic carbocycles. The largest absolute Gasteiger partial charge is 0.464 e. The number of ether oxygens (including phenoxy) is 1. The fourth-order valence-electron chi connectivity index (χ4n) is 2.22. The van der Waals surface area contributed by atoms with Crippen LogP contribution in [0.3, 0.4) is 0 Å². The standard InChI is InChI=1S/C16H20N2O4S/c1-3-22-16(21)12-9-23-13(15(20)18-12)8-14(19)17-11-6-4-5-10(2)7-11/h4-7,12-13H,3,8-9H2,1-2H3,(H,17,19)(H,18,20). The smallest absolute Gasteiger partial charge is 0.329 e. The SMILES string of the molecule is CCOC(=O)C1CSC(CC(=O)Nc2cccc(C)c2)C(=O)N1. The zero-order chi connectivity index (χ0) is 16.8.